The Bertz CT molecular complexity index is 281. The zero-order valence-corrected chi connectivity index (χ0v) is 13.4. The van der Waals surface area contributed by atoms with E-state index in [1.54, 1.807) is 0 Å². The van der Waals surface area contributed by atoms with Crippen LogP contribution in [0.15, 0.2) is 0 Å². The van der Waals surface area contributed by atoms with Crippen molar-refractivity contribution in [3.8, 4) is 0 Å². The van der Waals surface area contributed by atoms with Crippen molar-refractivity contribution in [1.82, 2.24) is 10.2 Å². The van der Waals surface area contributed by atoms with Gasteiger partial charge in [-0.15, -0.1) is 0 Å². The third kappa shape index (κ3) is 3.98. The summed E-state index contributed by atoms with van der Waals surface area (Å²) in [4.78, 5) is 2.86. The summed E-state index contributed by atoms with van der Waals surface area (Å²) in [7, 11) is 0. The molecule has 0 aromatic carbocycles. The van der Waals surface area contributed by atoms with E-state index in [9.17, 15) is 0 Å². The third-order valence-electron chi connectivity index (χ3n) is 5.87. The topological polar surface area (TPSA) is 15.3 Å². The molecule has 1 saturated heterocycles. The smallest absolute Gasteiger partial charge is 0.0195 e. The van der Waals surface area contributed by atoms with Crippen molar-refractivity contribution in [1.29, 1.82) is 0 Å². The van der Waals surface area contributed by atoms with Crippen LogP contribution in [0.25, 0.3) is 0 Å². The van der Waals surface area contributed by atoms with Crippen LogP contribution in [0.3, 0.4) is 0 Å². The Morgan fingerprint density at radius 1 is 0.950 bits per heavy atom. The first kappa shape index (κ1) is 14.8. The van der Waals surface area contributed by atoms with Gasteiger partial charge in [-0.25, -0.2) is 0 Å². The lowest BCUT2D eigenvalue weighted by Crippen LogP contribution is -2.48. The SMILES string of the molecule is CCCN(CC1CCCCN1)C1CCCC(C2CC2)C1. The minimum Gasteiger partial charge on any atom is -0.313 e. The van der Waals surface area contributed by atoms with Gasteiger partial charge in [-0.3, -0.25) is 4.90 Å². The summed E-state index contributed by atoms with van der Waals surface area (Å²) < 4.78 is 0. The molecule has 116 valence electrons. The Kier molecular flexibility index (Phi) is 5.39. The predicted molar refractivity (Wildman–Crippen MR) is 86.0 cm³/mol. The van der Waals surface area contributed by atoms with E-state index in [4.69, 9.17) is 0 Å². The van der Waals surface area contributed by atoms with Crippen molar-refractivity contribution in [3.63, 3.8) is 0 Å². The van der Waals surface area contributed by atoms with E-state index in [1.807, 2.05) is 0 Å². The van der Waals surface area contributed by atoms with Gasteiger partial charge in [0.15, 0.2) is 0 Å². The second-order valence-corrected chi connectivity index (χ2v) is 7.56. The van der Waals surface area contributed by atoms with Crippen molar-refractivity contribution in [2.24, 2.45) is 11.8 Å². The Labute approximate surface area is 125 Å². The number of nitrogens with zero attached hydrogens (tertiary/aromatic N) is 1. The van der Waals surface area contributed by atoms with Crippen LogP contribution < -0.4 is 5.32 Å². The molecule has 2 saturated carbocycles. The van der Waals surface area contributed by atoms with Gasteiger partial charge in [-0.2, -0.15) is 0 Å². The van der Waals surface area contributed by atoms with E-state index >= 15 is 0 Å². The average molecular weight is 278 g/mol. The molecule has 3 rings (SSSR count). The molecule has 3 aliphatic rings. The lowest BCUT2D eigenvalue weighted by Gasteiger charge is -2.40. The molecule has 1 aliphatic heterocycles. The summed E-state index contributed by atoms with van der Waals surface area (Å²) in [5.74, 6) is 2.20. The summed E-state index contributed by atoms with van der Waals surface area (Å²) in [6.07, 6.45) is 14.6. The third-order valence-corrected chi connectivity index (χ3v) is 5.87. The van der Waals surface area contributed by atoms with Gasteiger partial charge in [0, 0.05) is 18.6 Å². The molecule has 2 heteroatoms. The Morgan fingerprint density at radius 2 is 1.85 bits per heavy atom. The lowest BCUT2D eigenvalue weighted by atomic mass is 9.82. The number of nitrogens with one attached hydrogen (secondary N) is 1. The molecule has 0 aromatic rings. The second-order valence-electron chi connectivity index (χ2n) is 7.56. The van der Waals surface area contributed by atoms with Gasteiger partial charge < -0.3 is 5.32 Å². The van der Waals surface area contributed by atoms with Crippen molar-refractivity contribution in [2.75, 3.05) is 19.6 Å². The molecular weight excluding hydrogens is 244 g/mol. The highest BCUT2D eigenvalue weighted by Crippen LogP contribution is 2.44. The molecular formula is C18H34N2. The molecule has 3 fully saturated rings. The molecule has 0 spiro atoms. The van der Waals surface area contributed by atoms with Gasteiger partial charge >= 0.3 is 0 Å². The fraction of sp³-hybridized carbons (Fsp3) is 1.00. The van der Waals surface area contributed by atoms with Crippen LogP contribution in [0.4, 0.5) is 0 Å². The molecule has 3 unspecified atom stereocenters. The van der Waals surface area contributed by atoms with Crippen molar-refractivity contribution < 1.29 is 0 Å². The summed E-state index contributed by atoms with van der Waals surface area (Å²) in [5.41, 5.74) is 0. The van der Waals surface area contributed by atoms with Gasteiger partial charge in [0.1, 0.15) is 0 Å². The highest BCUT2D eigenvalue weighted by molar-refractivity contribution is 4.90. The highest BCUT2D eigenvalue weighted by atomic mass is 15.2. The van der Waals surface area contributed by atoms with Crippen LogP contribution >= 0.6 is 0 Å². The first-order valence-electron chi connectivity index (χ1n) is 9.34. The number of hydrogen-bond acceptors (Lipinski definition) is 2. The maximum atomic E-state index is 3.75. The van der Waals surface area contributed by atoms with Crippen LogP contribution in [-0.2, 0) is 0 Å². The molecule has 0 radical (unpaired) electrons. The largest absolute Gasteiger partial charge is 0.313 e. The number of rotatable bonds is 6. The van der Waals surface area contributed by atoms with Crippen LogP contribution in [0.5, 0.6) is 0 Å². The monoisotopic (exact) mass is 278 g/mol. The number of piperidine rings is 1. The standard InChI is InChI=1S/C18H34N2/c1-2-12-20(14-17-7-3-4-11-19-17)18-8-5-6-16(13-18)15-9-10-15/h15-19H,2-14H2,1H3. The van der Waals surface area contributed by atoms with Crippen LogP contribution in [0.2, 0.25) is 0 Å². The summed E-state index contributed by atoms with van der Waals surface area (Å²) in [6.45, 7) is 6.23. The zero-order chi connectivity index (χ0) is 13.8. The molecule has 20 heavy (non-hydrogen) atoms. The normalized spacial score (nSPS) is 35.4. The van der Waals surface area contributed by atoms with Crippen LogP contribution in [0, 0.1) is 11.8 Å². The first-order valence-corrected chi connectivity index (χ1v) is 9.34. The zero-order valence-electron chi connectivity index (χ0n) is 13.4. The summed E-state index contributed by atoms with van der Waals surface area (Å²) >= 11 is 0. The minimum atomic E-state index is 0.775. The lowest BCUT2D eigenvalue weighted by molar-refractivity contribution is 0.107. The Hall–Kier alpha value is -0.0800. The number of hydrogen-bond donors (Lipinski definition) is 1. The fourth-order valence-electron chi connectivity index (χ4n) is 4.60. The Balaban J connectivity index is 1.53. The quantitative estimate of drug-likeness (QED) is 0.795. The molecule has 0 aromatic heterocycles. The van der Waals surface area contributed by atoms with E-state index in [0.717, 1.165) is 23.9 Å². The molecule has 1 heterocycles. The van der Waals surface area contributed by atoms with E-state index in [1.165, 1.54) is 83.8 Å². The predicted octanol–water partition coefficient (Wildman–Crippen LogP) is 3.81. The van der Waals surface area contributed by atoms with Gasteiger partial charge in [0.25, 0.3) is 0 Å². The second kappa shape index (κ2) is 7.26. The molecule has 2 aliphatic carbocycles. The Morgan fingerprint density at radius 3 is 2.55 bits per heavy atom. The van der Waals surface area contributed by atoms with E-state index in [0.29, 0.717) is 0 Å². The van der Waals surface area contributed by atoms with E-state index in [-0.39, 0.29) is 0 Å². The van der Waals surface area contributed by atoms with Gasteiger partial charge in [-0.1, -0.05) is 26.2 Å². The average Bonchev–Trinajstić information content (AvgIpc) is 3.33. The van der Waals surface area contributed by atoms with E-state index in [2.05, 4.69) is 17.1 Å². The van der Waals surface area contributed by atoms with Gasteiger partial charge in [-0.05, 0) is 69.9 Å². The van der Waals surface area contributed by atoms with Crippen LogP contribution in [0.1, 0.15) is 71.1 Å². The van der Waals surface area contributed by atoms with Crippen LogP contribution in [-0.4, -0.2) is 36.6 Å². The molecule has 3 atom stereocenters. The summed E-state index contributed by atoms with van der Waals surface area (Å²) in [6, 6.07) is 1.68. The first-order chi connectivity index (χ1) is 9.86. The molecule has 1 N–H and O–H groups in total. The summed E-state index contributed by atoms with van der Waals surface area (Å²) in [5, 5.41) is 3.75. The van der Waals surface area contributed by atoms with E-state index < -0.39 is 0 Å². The molecule has 2 nitrogen and oxygen atoms in total. The molecule has 0 amide bonds. The maximum absolute atomic E-state index is 3.75. The van der Waals surface area contributed by atoms with Gasteiger partial charge in [0.05, 0.1) is 0 Å². The highest BCUT2D eigenvalue weighted by Gasteiger charge is 2.36. The maximum Gasteiger partial charge on any atom is 0.0195 e. The van der Waals surface area contributed by atoms with Gasteiger partial charge in [0.2, 0.25) is 0 Å². The van der Waals surface area contributed by atoms with Crippen molar-refractivity contribution >= 4 is 0 Å². The fourth-order valence-corrected chi connectivity index (χ4v) is 4.60. The van der Waals surface area contributed by atoms with Crippen molar-refractivity contribution in [3.05, 3.63) is 0 Å². The minimum absolute atomic E-state index is 0.775. The molecule has 0 bridgehead atoms. The van der Waals surface area contributed by atoms with Crippen molar-refractivity contribution in [2.45, 2.75) is 83.2 Å².